The van der Waals surface area contributed by atoms with Crippen LogP contribution in [0, 0.1) is 0 Å². The fourth-order valence-corrected chi connectivity index (χ4v) is 2.38. The molecule has 0 fully saturated rings. The monoisotopic (exact) mass is 407 g/mol. The molecule has 3 nitrogen and oxygen atoms in total. The van der Waals surface area contributed by atoms with Crippen LogP contribution in [0.1, 0.15) is 5.56 Å². The highest BCUT2D eigenvalue weighted by molar-refractivity contribution is 9.10. The summed E-state index contributed by atoms with van der Waals surface area (Å²) in [6.07, 6.45) is -4.52. The summed E-state index contributed by atoms with van der Waals surface area (Å²) in [5, 5.41) is 2.68. The molecule has 0 saturated heterocycles. The normalized spacial score (nSPS) is 11.2. The van der Waals surface area contributed by atoms with Crippen molar-refractivity contribution in [3.8, 4) is 5.75 Å². The van der Waals surface area contributed by atoms with Crippen molar-refractivity contribution in [1.29, 1.82) is 0 Å². The van der Waals surface area contributed by atoms with Crippen molar-refractivity contribution in [2.45, 2.75) is 6.18 Å². The molecular formula is C15H10BrClF3NO2. The molecule has 0 spiro atoms. The summed E-state index contributed by atoms with van der Waals surface area (Å²) in [7, 11) is 0. The molecule has 0 radical (unpaired) electrons. The third kappa shape index (κ3) is 4.87. The molecule has 0 aromatic heterocycles. The van der Waals surface area contributed by atoms with E-state index in [1.54, 1.807) is 24.3 Å². The summed E-state index contributed by atoms with van der Waals surface area (Å²) in [6, 6.07) is 9.98. The van der Waals surface area contributed by atoms with Crippen molar-refractivity contribution in [3.05, 3.63) is 57.5 Å². The number of benzene rings is 2. The molecule has 0 aliphatic heterocycles. The van der Waals surface area contributed by atoms with Crippen molar-refractivity contribution in [2.24, 2.45) is 0 Å². The summed E-state index contributed by atoms with van der Waals surface area (Å²) in [5.41, 5.74) is -0.851. The van der Waals surface area contributed by atoms with E-state index in [1.165, 1.54) is 12.1 Å². The van der Waals surface area contributed by atoms with Gasteiger partial charge in [0.15, 0.2) is 6.61 Å². The quantitative estimate of drug-likeness (QED) is 0.761. The van der Waals surface area contributed by atoms with E-state index in [1.807, 2.05) is 0 Å². The molecule has 2 rings (SSSR count). The first kappa shape index (κ1) is 17.6. The summed E-state index contributed by atoms with van der Waals surface area (Å²) in [5.74, 6) is -0.281. The van der Waals surface area contributed by atoms with Gasteiger partial charge in [0.05, 0.1) is 10.6 Å². The number of para-hydroxylation sites is 1. The molecule has 2 aromatic carbocycles. The lowest BCUT2D eigenvalue weighted by Crippen LogP contribution is -2.20. The van der Waals surface area contributed by atoms with Gasteiger partial charge >= 0.3 is 6.18 Å². The number of anilines is 1. The molecule has 0 aliphatic rings. The first-order valence-corrected chi connectivity index (χ1v) is 7.48. The average molecular weight is 409 g/mol. The Kier molecular flexibility index (Phi) is 5.54. The number of halogens is 5. The van der Waals surface area contributed by atoms with E-state index in [2.05, 4.69) is 21.2 Å². The molecule has 1 amide bonds. The minimum absolute atomic E-state index is 0.0216. The number of hydrogen-bond acceptors (Lipinski definition) is 2. The molecule has 0 heterocycles. The second kappa shape index (κ2) is 7.23. The molecule has 0 bridgehead atoms. The lowest BCUT2D eigenvalue weighted by molar-refractivity contribution is -0.138. The molecule has 1 N–H and O–H groups in total. The number of ether oxygens (including phenoxy) is 1. The van der Waals surface area contributed by atoms with E-state index in [9.17, 15) is 18.0 Å². The van der Waals surface area contributed by atoms with Crippen molar-refractivity contribution >= 4 is 39.1 Å². The zero-order chi connectivity index (χ0) is 17.0. The van der Waals surface area contributed by atoms with Gasteiger partial charge in [0.25, 0.3) is 5.91 Å². The zero-order valence-electron chi connectivity index (χ0n) is 11.5. The number of nitrogens with one attached hydrogen (secondary N) is 1. The van der Waals surface area contributed by atoms with E-state index in [-0.39, 0.29) is 16.8 Å². The maximum absolute atomic E-state index is 12.8. The maximum Gasteiger partial charge on any atom is 0.417 e. The highest BCUT2D eigenvalue weighted by Crippen LogP contribution is 2.36. The van der Waals surface area contributed by atoms with Crippen molar-refractivity contribution < 1.29 is 22.7 Å². The van der Waals surface area contributed by atoms with Crippen LogP contribution in [0.4, 0.5) is 18.9 Å². The van der Waals surface area contributed by atoms with Gasteiger partial charge in [-0.1, -0.05) is 39.7 Å². The Bertz CT molecular complexity index is 722. The Hall–Kier alpha value is -1.73. The van der Waals surface area contributed by atoms with Crippen LogP contribution >= 0.6 is 27.5 Å². The van der Waals surface area contributed by atoms with Crippen LogP contribution in [-0.2, 0) is 11.0 Å². The lowest BCUT2D eigenvalue weighted by Gasteiger charge is -2.12. The van der Waals surface area contributed by atoms with E-state index >= 15 is 0 Å². The van der Waals surface area contributed by atoms with Gasteiger partial charge in [0.2, 0.25) is 0 Å². The smallest absolute Gasteiger partial charge is 0.417 e. The molecule has 0 aliphatic carbocycles. The fraction of sp³-hybridized carbons (Fsp3) is 0.133. The number of carbonyl (C=O) groups is 1. The Morgan fingerprint density at radius 2 is 1.91 bits per heavy atom. The topological polar surface area (TPSA) is 38.3 Å². The van der Waals surface area contributed by atoms with Crippen LogP contribution in [0.5, 0.6) is 5.75 Å². The minimum Gasteiger partial charge on any atom is -0.482 e. The van der Waals surface area contributed by atoms with Crippen LogP contribution < -0.4 is 10.1 Å². The predicted molar refractivity (Wildman–Crippen MR) is 84.7 cm³/mol. The zero-order valence-corrected chi connectivity index (χ0v) is 13.8. The second-order valence-corrected chi connectivity index (χ2v) is 5.72. The Morgan fingerprint density at radius 3 is 2.57 bits per heavy atom. The van der Waals surface area contributed by atoms with Crippen LogP contribution in [0.15, 0.2) is 46.9 Å². The highest BCUT2D eigenvalue weighted by Gasteiger charge is 2.33. The number of amides is 1. The Morgan fingerprint density at radius 1 is 1.22 bits per heavy atom. The molecule has 2 aromatic rings. The van der Waals surface area contributed by atoms with Crippen LogP contribution in [0.2, 0.25) is 5.02 Å². The summed E-state index contributed by atoms with van der Waals surface area (Å²) < 4.78 is 43.5. The van der Waals surface area contributed by atoms with Crippen molar-refractivity contribution in [2.75, 3.05) is 11.9 Å². The largest absolute Gasteiger partial charge is 0.482 e. The second-order valence-electron chi connectivity index (χ2n) is 4.46. The molecule has 0 unspecified atom stereocenters. The van der Waals surface area contributed by atoms with Gasteiger partial charge in [-0.3, -0.25) is 4.79 Å². The van der Waals surface area contributed by atoms with Gasteiger partial charge < -0.3 is 10.1 Å². The van der Waals surface area contributed by atoms with E-state index in [0.29, 0.717) is 10.8 Å². The van der Waals surface area contributed by atoms with Crippen LogP contribution in [0.25, 0.3) is 0 Å². The minimum atomic E-state index is -4.52. The molecular weight excluding hydrogens is 399 g/mol. The number of alkyl halides is 3. The average Bonchev–Trinajstić information content (AvgIpc) is 2.47. The fourth-order valence-electron chi connectivity index (χ4n) is 1.72. The summed E-state index contributed by atoms with van der Waals surface area (Å²) in [4.78, 5) is 11.8. The number of rotatable bonds is 4. The van der Waals surface area contributed by atoms with Crippen LogP contribution in [-0.4, -0.2) is 12.5 Å². The first-order chi connectivity index (χ1) is 10.8. The standard InChI is InChI=1S/C15H10BrClF3NO2/c16-11-6-5-9(7-10(11)15(18,19)20)21-14(22)8-23-13-4-2-1-3-12(13)17/h1-7H,8H2,(H,21,22). The van der Waals surface area contributed by atoms with Gasteiger partial charge in [-0.25, -0.2) is 0 Å². The lowest BCUT2D eigenvalue weighted by atomic mass is 10.2. The molecule has 122 valence electrons. The van der Waals surface area contributed by atoms with E-state index in [4.69, 9.17) is 16.3 Å². The first-order valence-electron chi connectivity index (χ1n) is 6.31. The van der Waals surface area contributed by atoms with E-state index < -0.39 is 17.6 Å². The van der Waals surface area contributed by atoms with Gasteiger partial charge in [-0.05, 0) is 30.3 Å². The van der Waals surface area contributed by atoms with Gasteiger partial charge in [0.1, 0.15) is 5.75 Å². The molecule has 23 heavy (non-hydrogen) atoms. The molecule has 8 heteroatoms. The third-order valence-corrected chi connectivity index (χ3v) is 3.75. The maximum atomic E-state index is 12.8. The van der Waals surface area contributed by atoms with E-state index in [0.717, 1.165) is 6.07 Å². The molecule has 0 saturated carbocycles. The predicted octanol–water partition coefficient (Wildman–Crippen LogP) is 5.14. The SMILES string of the molecule is O=C(COc1ccccc1Cl)Nc1ccc(Br)c(C(F)(F)F)c1. The number of hydrogen-bond donors (Lipinski definition) is 1. The Balaban J connectivity index is 2.02. The molecule has 0 atom stereocenters. The summed E-state index contributed by atoms with van der Waals surface area (Å²) >= 11 is 8.70. The summed E-state index contributed by atoms with van der Waals surface area (Å²) in [6.45, 7) is -0.374. The van der Waals surface area contributed by atoms with Crippen molar-refractivity contribution in [1.82, 2.24) is 0 Å². The van der Waals surface area contributed by atoms with Gasteiger partial charge in [-0.2, -0.15) is 13.2 Å². The highest BCUT2D eigenvalue weighted by atomic mass is 79.9. The van der Waals surface area contributed by atoms with Crippen LogP contribution in [0.3, 0.4) is 0 Å². The van der Waals surface area contributed by atoms with Gasteiger partial charge in [0, 0.05) is 10.2 Å². The Labute approximate surface area is 143 Å². The number of carbonyl (C=O) groups excluding carboxylic acids is 1. The third-order valence-electron chi connectivity index (χ3n) is 2.75. The van der Waals surface area contributed by atoms with Crippen molar-refractivity contribution in [3.63, 3.8) is 0 Å². The van der Waals surface area contributed by atoms with Gasteiger partial charge in [-0.15, -0.1) is 0 Å².